The normalized spacial score (nSPS) is 10.4. The lowest BCUT2D eigenvalue weighted by Crippen LogP contribution is -2.11. The van der Waals surface area contributed by atoms with Crippen LogP contribution in [-0.2, 0) is 0 Å². The van der Waals surface area contributed by atoms with E-state index in [9.17, 15) is 4.79 Å². The summed E-state index contributed by atoms with van der Waals surface area (Å²) in [6, 6.07) is 6.08. The molecular formula is C15H18N2O3S. The lowest BCUT2D eigenvalue weighted by molar-refractivity contribution is 0.0701. The first-order valence-electron chi connectivity index (χ1n) is 6.62. The summed E-state index contributed by atoms with van der Waals surface area (Å²) in [5.74, 6) is -0.0666. The van der Waals surface area contributed by atoms with Crippen LogP contribution in [0.3, 0.4) is 0 Å². The van der Waals surface area contributed by atoms with E-state index < -0.39 is 5.97 Å². The highest BCUT2D eigenvalue weighted by Crippen LogP contribution is 2.22. The summed E-state index contributed by atoms with van der Waals surface area (Å²) in [6.07, 6.45) is 0. The number of aromatic nitrogens is 1. The van der Waals surface area contributed by atoms with E-state index >= 15 is 0 Å². The highest BCUT2D eigenvalue weighted by molar-refractivity contribution is 7.17. The lowest BCUT2D eigenvalue weighted by atomic mass is 10.1. The van der Waals surface area contributed by atoms with Gasteiger partial charge in [-0.15, -0.1) is 0 Å². The number of aromatic carboxylic acids is 1. The van der Waals surface area contributed by atoms with Crippen LogP contribution in [0.5, 0.6) is 5.75 Å². The van der Waals surface area contributed by atoms with Gasteiger partial charge in [-0.05, 0) is 38.0 Å². The molecule has 0 unspecified atom stereocenters. The molecule has 5 nitrogen and oxygen atoms in total. The number of thiazole rings is 1. The Hall–Kier alpha value is -2.08. The number of anilines is 1. The predicted molar refractivity (Wildman–Crippen MR) is 83.7 cm³/mol. The van der Waals surface area contributed by atoms with Gasteiger partial charge in [-0.3, -0.25) is 0 Å². The van der Waals surface area contributed by atoms with Gasteiger partial charge in [0.05, 0.1) is 12.2 Å². The number of ether oxygens (including phenoxy) is 1. The molecule has 0 radical (unpaired) electrons. The largest absolute Gasteiger partial charge is 0.491 e. The summed E-state index contributed by atoms with van der Waals surface area (Å²) >= 11 is 1.14. The third kappa shape index (κ3) is 3.95. The monoisotopic (exact) mass is 306 g/mol. The Balaban J connectivity index is 1.86. The smallest absolute Gasteiger partial charge is 0.347 e. The number of nitrogens with one attached hydrogen (secondary N) is 1. The first-order chi connectivity index (χ1) is 9.97. The Morgan fingerprint density at radius 3 is 2.81 bits per heavy atom. The topological polar surface area (TPSA) is 71.5 Å². The van der Waals surface area contributed by atoms with Crippen molar-refractivity contribution in [3.8, 4) is 5.75 Å². The zero-order valence-corrected chi connectivity index (χ0v) is 13.1. The molecule has 1 aromatic carbocycles. The first kappa shape index (κ1) is 15.3. The SMILES string of the molecule is Cc1ccc(C)c(OCCNc2nc(C)c(C(=O)O)s2)c1. The second-order valence-electron chi connectivity index (χ2n) is 4.78. The molecule has 0 saturated carbocycles. The van der Waals surface area contributed by atoms with E-state index in [-0.39, 0.29) is 4.88 Å². The van der Waals surface area contributed by atoms with Gasteiger partial charge >= 0.3 is 5.97 Å². The number of benzene rings is 1. The van der Waals surface area contributed by atoms with Gasteiger partial charge in [0.1, 0.15) is 17.2 Å². The van der Waals surface area contributed by atoms with Crippen LogP contribution in [0, 0.1) is 20.8 Å². The van der Waals surface area contributed by atoms with Crippen LogP contribution in [0.4, 0.5) is 5.13 Å². The molecule has 21 heavy (non-hydrogen) atoms. The van der Waals surface area contributed by atoms with Crippen molar-refractivity contribution in [3.63, 3.8) is 0 Å². The first-order valence-corrected chi connectivity index (χ1v) is 7.43. The molecule has 0 spiro atoms. The summed E-state index contributed by atoms with van der Waals surface area (Å²) in [6.45, 7) is 6.78. The van der Waals surface area contributed by atoms with Crippen molar-refractivity contribution in [1.82, 2.24) is 4.98 Å². The second-order valence-corrected chi connectivity index (χ2v) is 5.78. The van der Waals surface area contributed by atoms with Gasteiger partial charge in [-0.1, -0.05) is 23.5 Å². The van der Waals surface area contributed by atoms with Crippen LogP contribution in [-0.4, -0.2) is 29.2 Å². The molecule has 0 bridgehead atoms. The summed E-state index contributed by atoms with van der Waals surface area (Å²) in [4.78, 5) is 15.4. The predicted octanol–water partition coefficient (Wildman–Crippen LogP) is 3.26. The highest BCUT2D eigenvalue weighted by atomic mass is 32.1. The van der Waals surface area contributed by atoms with Crippen LogP contribution in [0.25, 0.3) is 0 Å². The van der Waals surface area contributed by atoms with Crippen molar-refractivity contribution in [3.05, 3.63) is 39.9 Å². The maximum atomic E-state index is 10.9. The van der Waals surface area contributed by atoms with Crippen LogP contribution < -0.4 is 10.1 Å². The quantitative estimate of drug-likeness (QED) is 0.802. The number of nitrogens with zero attached hydrogens (tertiary/aromatic N) is 1. The third-order valence-electron chi connectivity index (χ3n) is 2.97. The minimum atomic E-state index is -0.940. The van der Waals surface area contributed by atoms with Crippen molar-refractivity contribution in [1.29, 1.82) is 0 Å². The molecule has 0 aliphatic carbocycles. The number of carboxylic acid groups (broad SMARTS) is 1. The maximum Gasteiger partial charge on any atom is 0.347 e. The van der Waals surface area contributed by atoms with Crippen LogP contribution >= 0.6 is 11.3 Å². The van der Waals surface area contributed by atoms with Gasteiger partial charge < -0.3 is 15.2 Å². The molecule has 2 aromatic rings. The zero-order chi connectivity index (χ0) is 15.4. The molecule has 0 aliphatic rings. The fourth-order valence-electron chi connectivity index (χ4n) is 1.85. The van der Waals surface area contributed by atoms with E-state index in [2.05, 4.69) is 10.3 Å². The molecule has 2 N–H and O–H groups in total. The number of hydrogen-bond acceptors (Lipinski definition) is 5. The van der Waals surface area contributed by atoms with E-state index in [1.54, 1.807) is 6.92 Å². The molecule has 6 heteroatoms. The summed E-state index contributed by atoms with van der Waals surface area (Å²) in [5.41, 5.74) is 2.79. The number of rotatable bonds is 6. The average Bonchev–Trinajstić information content (AvgIpc) is 2.80. The summed E-state index contributed by atoms with van der Waals surface area (Å²) in [7, 11) is 0. The van der Waals surface area contributed by atoms with Crippen molar-refractivity contribution >= 4 is 22.4 Å². The molecular weight excluding hydrogens is 288 g/mol. The Morgan fingerprint density at radius 1 is 1.38 bits per heavy atom. The number of carboxylic acids is 1. The third-order valence-corrected chi connectivity index (χ3v) is 4.07. The molecule has 112 valence electrons. The molecule has 0 aliphatic heterocycles. The Bertz CT molecular complexity index is 652. The maximum absolute atomic E-state index is 10.9. The van der Waals surface area contributed by atoms with Gasteiger partial charge in [0.2, 0.25) is 0 Å². The van der Waals surface area contributed by atoms with Crippen molar-refractivity contribution in [2.45, 2.75) is 20.8 Å². The van der Waals surface area contributed by atoms with Gasteiger partial charge in [0.15, 0.2) is 5.13 Å². The summed E-state index contributed by atoms with van der Waals surface area (Å²) in [5, 5.41) is 12.7. The standard InChI is InChI=1S/C15H18N2O3S/c1-9-4-5-10(2)12(8-9)20-7-6-16-15-17-11(3)13(21-15)14(18)19/h4-5,8H,6-7H2,1-3H3,(H,16,17)(H,18,19). The van der Waals surface area contributed by atoms with Crippen LogP contribution in [0.15, 0.2) is 18.2 Å². The van der Waals surface area contributed by atoms with E-state index in [0.717, 1.165) is 28.2 Å². The highest BCUT2D eigenvalue weighted by Gasteiger charge is 2.13. The van der Waals surface area contributed by atoms with Gasteiger partial charge in [0.25, 0.3) is 0 Å². The molecule has 0 atom stereocenters. The average molecular weight is 306 g/mol. The molecule has 0 amide bonds. The van der Waals surface area contributed by atoms with Crippen molar-refractivity contribution in [2.75, 3.05) is 18.5 Å². The fraction of sp³-hybridized carbons (Fsp3) is 0.333. The zero-order valence-electron chi connectivity index (χ0n) is 12.3. The van der Waals surface area contributed by atoms with E-state index in [1.807, 2.05) is 32.0 Å². The molecule has 0 fully saturated rings. The van der Waals surface area contributed by atoms with E-state index in [0.29, 0.717) is 24.0 Å². The van der Waals surface area contributed by atoms with Crippen LogP contribution in [0.2, 0.25) is 0 Å². The van der Waals surface area contributed by atoms with Crippen LogP contribution in [0.1, 0.15) is 26.5 Å². The number of carbonyl (C=O) groups is 1. The Labute approximate surface area is 127 Å². The summed E-state index contributed by atoms with van der Waals surface area (Å²) < 4.78 is 5.72. The fourth-order valence-corrected chi connectivity index (χ4v) is 2.68. The van der Waals surface area contributed by atoms with Gasteiger partial charge in [-0.2, -0.15) is 0 Å². The second kappa shape index (κ2) is 6.58. The lowest BCUT2D eigenvalue weighted by Gasteiger charge is -2.10. The molecule has 1 aromatic heterocycles. The van der Waals surface area contributed by atoms with Crippen molar-refractivity contribution < 1.29 is 14.6 Å². The molecule has 1 heterocycles. The number of aryl methyl sites for hydroxylation is 3. The van der Waals surface area contributed by atoms with E-state index in [1.165, 1.54) is 0 Å². The molecule has 2 rings (SSSR count). The van der Waals surface area contributed by atoms with Gasteiger partial charge in [0, 0.05) is 0 Å². The minimum Gasteiger partial charge on any atom is -0.491 e. The Kier molecular flexibility index (Phi) is 4.80. The van der Waals surface area contributed by atoms with Gasteiger partial charge in [-0.25, -0.2) is 9.78 Å². The minimum absolute atomic E-state index is 0.271. The Morgan fingerprint density at radius 2 is 2.14 bits per heavy atom. The molecule has 0 saturated heterocycles. The number of hydrogen-bond donors (Lipinski definition) is 2. The van der Waals surface area contributed by atoms with Crippen molar-refractivity contribution in [2.24, 2.45) is 0 Å². The van der Waals surface area contributed by atoms with E-state index in [4.69, 9.17) is 9.84 Å².